The molecule has 0 unspecified atom stereocenters. The second kappa shape index (κ2) is 11.3. The Morgan fingerprint density at radius 1 is 0.795 bits per heavy atom. The van der Waals surface area contributed by atoms with Crippen molar-refractivity contribution >= 4 is 34.2 Å². The predicted octanol–water partition coefficient (Wildman–Crippen LogP) is 7.23. The average Bonchev–Trinajstić information content (AvgIpc) is 2.97. The molecular formula is C31H24ClNO6. The molecule has 0 radical (unpaired) electrons. The summed E-state index contributed by atoms with van der Waals surface area (Å²) in [5.74, 6) is 1.57. The fourth-order valence-electron chi connectivity index (χ4n) is 4.07. The lowest BCUT2D eigenvalue weighted by molar-refractivity contribution is 0.0734. The SMILES string of the molecule is COc1cc(C(=O)Oc2ccc(N=c3cc(-c4ccccc4)oc4ccc(Cl)cc34)cc2)cc(OC)c1OC. The minimum absolute atomic E-state index is 0.253. The Kier molecular flexibility index (Phi) is 7.52. The Balaban J connectivity index is 1.46. The molecule has 0 atom stereocenters. The largest absolute Gasteiger partial charge is 0.493 e. The van der Waals surface area contributed by atoms with Gasteiger partial charge in [-0.05, 0) is 54.6 Å². The lowest BCUT2D eigenvalue weighted by Crippen LogP contribution is -2.09. The maximum absolute atomic E-state index is 12.9. The molecule has 39 heavy (non-hydrogen) atoms. The van der Waals surface area contributed by atoms with Gasteiger partial charge in [-0.15, -0.1) is 0 Å². The molecule has 0 aliphatic heterocycles. The number of rotatable bonds is 7. The van der Waals surface area contributed by atoms with Crippen LogP contribution in [-0.2, 0) is 0 Å². The molecule has 196 valence electrons. The highest BCUT2D eigenvalue weighted by atomic mass is 35.5. The summed E-state index contributed by atoms with van der Waals surface area (Å²) in [6.45, 7) is 0. The topological polar surface area (TPSA) is 79.5 Å². The molecule has 0 bridgehead atoms. The van der Waals surface area contributed by atoms with Crippen LogP contribution >= 0.6 is 11.6 Å². The summed E-state index contributed by atoms with van der Waals surface area (Å²) in [7, 11) is 4.46. The fourth-order valence-corrected chi connectivity index (χ4v) is 4.24. The van der Waals surface area contributed by atoms with Crippen molar-refractivity contribution in [1.29, 1.82) is 0 Å². The number of nitrogens with zero attached hydrogens (tertiary/aromatic N) is 1. The van der Waals surface area contributed by atoms with Crippen molar-refractivity contribution in [3.8, 4) is 34.3 Å². The number of fused-ring (bicyclic) bond motifs is 1. The van der Waals surface area contributed by atoms with Gasteiger partial charge in [-0.1, -0.05) is 41.9 Å². The third kappa shape index (κ3) is 5.58. The molecule has 1 aromatic heterocycles. The Hall–Kier alpha value is -4.75. The van der Waals surface area contributed by atoms with Crippen LogP contribution in [0.2, 0.25) is 5.02 Å². The van der Waals surface area contributed by atoms with Gasteiger partial charge in [-0.3, -0.25) is 0 Å². The van der Waals surface area contributed by atoms with Gasteiger partial charge in [0.2, 0.25) is 5.75 Å². The number of methoxy groups -OCH3 is 3. The Labute approximate surface area is 229 Å². The minimum Gasteiger partial charge on any atom is -0.493 e. The van der Waals surface area contributed by atoms with E-state index in [0.29, 0.717) is 50.4 Å². The number of ether oxygens (including phenoxy) is 4. The quantitative estimate of drug-likeness (QED) is 0.160. The summed E-state index contributed by atoms with van der Waals surface area (Å²) < 4.78 is 27.7. The van der Waals surface area contributed by atoms with Gasteiger partial charge in [-0.25, -0.2) is 9.79 Å². The molecule has 8 heteroatoms. The smallest absolute Gasteiger partial charge is 0.343 e. The van der Waals surface area contributed by atoms with Crippen molar-refractivity contribution < 1.29 is 28.2 Å². The average molecular weight is 542 g/mol. The number of benzene rings is 4. The summed E-state index contributed by atoms with van der Waals surface area (Å²) in [6.07, 6.45) is 0. The minimum atomic E-state index is -0.572. The third-order valence-corrected chi connectivity index (χ3v) is 6.20. The molecule has 7 nitrogen and oxygen atoms in total. The van der Waals surface area contributed by atoms with Gasteiger partial charge in [0, 0.05) is 22.0 Å². The monoisotopic (exact) mass is 541 g/mol. The van der Waals surface area contributed by atoms with Gasteiger partial charge in [0.15, 0.2) is 11.5 Å². The van der Waals surface area contributed by atoms with E-state index < -0.39 is 5.97 Å². The standard InChI is InChI=1S/C31H24ClNO6/c1-35-28-15-20(16-29(36-2)30(28)37-3)31(34)38-23-12-10-22(11-13-23)33-25-18-27(19-7-5-4-6-8-19)39-26-14-9-21(32)17-24(25)26/h4-18H,1-3H3. The van der Waals surface area contributed by atoms with Crippen molar-refractivity contribution in [2.45, 2.75) is 0 Å². The lowest BCUT2D eigenvalue weighted by atomic mass is 10.1. The van der Waals surface area contributed by atoms with Crippen LogP contribution in [0.3, 0.4) is 0 Å². The zero-order chi connectivity index (χ0) is 27.4. The normalized spacial score (nSPS) is 11.3. The zero-order valence-electron chi connectivity index (χ0n) is 21.4. The first-order chi connectivity index (χ1) is 19.0. The molecule has 0 saturated heterocycles. The zero-order valence-corrected chi connectivity index (χ0v) is 22.2. The van der Waals surface area contributed by atoms with E-state index in [-0.39, 0.29) is 5.56 Å². The van der Waals surface area contributed by atoms with E-state index in [0.717, 1.165) is 10.9 Å². The van der Waals surface area contributed by atoms with Gasteiger partial charge < -0.3 is 23.4 Å². The van der Waals surface area contributed by atoms with Gasteiger partial charge in [0.25, 0.3) is 0 Å². The molecule has 0 N–H and O–H groups in total. The van der Waals surface area contributed by atoms with Crippen LogP contribution < -0.4 is 24.3 Å². The molecule has 4 aromatic carbocycles. The molecule has 5 aromatic rings. The Morgan fingerprint density at radius 2 is 1.49 bits per heavy atom. The predicted molar refractivity (Wildman–Crippen MR) is 149 cm³/mol. The highest BCUT2D eigenvalue weighted by Gasteiger charge is 2.18. The maximum Gasteiger partial charge on any atom is 0.343 e. The summed E-state index contributed by atoms with van der Waals surface area (Å²) in [5.41, 5.74) is 2.51. The number of halogens is 1. The molecular weight excluding hydrogens is 518 g/mol. The number of hydrogen-bond donors (Lipinski definition) is 0. The van der Waals surface area contributed by atoms with E-state index in [1.165, 1.54) is 33.5 Å². The summed E-state index contributed by atoms with van der Waals surface area (Å²) in [6, 6.07) is 27.1. The van der Waals surface area contributed by atoms with Gasteiger partial charge in [0.1, 0.15) is 17.1 Å². The summed E-state index contributed by atoms with van der Waals surface area (Å²) >= 11 is 6.27. The van der Waals surface area contributed by atoms with Crippen LogP contribution in [0, 0.1) is 0 Å². The highest BCUT2D eigenvalue weighted by Crippen LogP contribution is 2.38. The second-order valence-electron chi connectivity index (χ2n) is 8.41. The lowest BCUT2D eigenvalue weighted by Gasteiger charge is -2.13. The highest BCUT2D eigenvalue weighted by molar-refractivity contribution is 6.31. The van der Waals surface area contributed by atoms with Gasteiger partial charge in [0.05, 0.1) is 37.9 Å². The third-order valence-electron chi connectivity index (χ3n) is 5.96. The van der Waals surface area contributed by atoms with Crippen molar-refractivity contribution in [2.24, 2.45) is 4.99 Å². The Morgan fingerprint density at radius 3 is 2.13 bits per heavy atom. The van der Waals surface area contributed by atoms with E-state index in [4.69, 9.17) is 40.0 Å². The van der Waals surface area contributed by atoms with Crippen LogP contribution in [0.5, 0.6) is 23.0 Å². The molecule has 1 heterocycles. The van der Waals surface area contributed by atoms with Crippen LogP contribution in [0.15, 0.2) is 100 Å². The number of hydrogen-bond acceptors (Lipinski definition) is 7. The fraction of sp³-hybridized carbons (Fsp3) is 0.0968. The van der Waals surface area contributed by atoms with E-state index >= 15 is 0 Å². The summed E-state index contributed by atoms with van der Waals surface area (Å²) in [5, 5.41) is 2.05. The second-order valence-corrected chi connectivity index (χ2v) is 8.85. The first kappa shape index (κ1) is 25.9. The molecule has 0 spiro atoms. The molecule has 0 saturated carbocycles. The van der Waals surface area contributed by atoms with Crippen molar-refractivity contribution in [3.05, 3.63) is 107 Å². The molecule has 5 rings (SSSR count). The van der Waals surface area contributed by atoms with E-state index in [2.05, 4.69) is 0 Å². The van der Waals surface area contributed by atoms with Crippen molar-refractivity contribution in [2.75, 3.05) is 21.3 Å². The molecule has 0 aliphatic rings. The number of carbonyl (C=O) groups is 1. The Bertz CT molecular complexity index is 1690. The maximum atomic E-state index is 12.9. The molecule has 0 fully saturated rings. The molecule has 0 amide bonds. The van der Waals surface area contributed by atoms with Crippen LogP contribution in [0.4, 0.5) is 5.69 Å². The van der Waals surface area contributed by atoms with Crippen LogP contribution in [0.25, 0.3) is 22.3 Å². The van der Waals surface area contributed by atoms with E-state index in [9.17, 15) is 4.79 Å². The van der Waals surface area contributed by atoms with Crippen molar-refractivity contribution in [3.63, 3.8) is 0 Å². The van der Waals surface area contributed by atoms with Crippen LogP contribution in [-0.4, -0.2) is 27.3 Å². The van der Waals surface area contributed by atoms with Gasteiger partial charge >= 0.3 is 5.97 Å². The van der Waals surface area contributed by atoms with E-state index in [1.54, 1.807) is 30.3 Å². The first-order valence-electron chi connectivity index (χ1n) is 11.9. The van der Waals surface area contributed by atoms with Crippen molar-refractivity contribution in [1.82, 2.24) is 0 Å². The first-order valence-corrected chi connectivity index (χ1v) is 12.3. The van der Waals surface area contributed by atoms with Crippen LogP contribution in [0.1, 0.15) is 10.4 Å². The molecule has 0 aliphatic carbocycles. The number of carbonyl (C=O) groups excluding carboxylic acids is 1. The van der Waals surface area contributed by atoms with Gasteiger partial charge in [-0.2, -0.15) is 0 Å². The number of esters is 1. The summed E-state index contributed by atoms with van der Waals surface area (Å²) in [4.78, 5) is 17.7. The van der Waals surface area contributed by atoms with E-state index in [1.807, 2.05) is 48.5 Å².